The lowest BCUT2D eigenvalue weighted by molar-refractivity contribution is 0.0173. The maximum absolute atomic E-state index is 13.6. The number of benzene rings is 2. The number of fused-ring (bicyclic) bond motifs is 1. The van der Waals surface area contributed by atoms with Crippen molar-refractivity contribution in [3.63, 3.8) is 0 Å². The third kappa shape index (κ3) is 4.05. The highest BCUT2D eigenvalue weighted by molar-refractivity contribution is 7.91. The fourth-order valence-electron chi connectivity index (χ4n) is 4.51. The Morgan fingerprint density at radius 1 is 1.17 bits per heavy atom. The van der Waals surface area contributed by atoms with Crippen molar-refractivity contribution < 1.29 is 22.7 Å². The van der Waals surface area contributed by atoms with E-state index in [4.69, 9.17) is 4.74 Å². The first-order chi connectivity index (χ1) is 13.8. The van der Waals surface area contributed by atoms with Gasteiger partial charge in [0, 0.05) is 11.3 Å². The summed E-state index contributed by atoms with van der Waals surface area (Å²) in [6.07, 6.45) is 1.97. The predicted molar refractivity (Wildman–Crippen MR) is 112 cm³/mol. The van der Waals surface area contributed by atoms with Gasteiger partial charge in [0.15, 0.2) is 9.84 Å². The van der Waals surface area contributed by atoms with Crippen LogP contribution in [0.1, 0.15) is 56.6 Å². The number of methoxy groups -OCH3 is 1. The van der Waals surface area contributed by atoms with E-state index in [2.05, 4.69) is 6.92 Å². The van der Waals surface area contributed by atoms with Gasteiger partial charge in [-0.15, -0.1) is 0 Å². The van der Waals surface area contributed by atoms with Crippen LogP contribution in [0.4, 0.5) is 4.39 Å². The summed E-state index contributed by atoms with van der Waals surface area (Å²) in [5.74, 6) is -0.539. The lowest BCUT2D eigenvalue weighted by Crippen LogP contribution is -2.42. The average molecular weight is 421 g/mol. The van der Waals surface area contributed by atoms with Crippen molar-refractivity contribution in [1.82, 2.24) is 0 Å². The predicted octanol–water partition coefficient (Wildman–Crippen LogP) is 4.70. The number of unbranched alkanes of at least 4 members (excludes halogenated alkanes) is 1. The molecule has 1 unspecified atom stereocenters. The second kappa shape index (κ2) is 8.44. The number of hydrogen-bond acceptors (Lipinski definition) is 4. The zero-order valence-electron chi connectivity index (χ0n) is 17.2. The van der Waals surface area contributed by atoms with Gasteiger partial charge in [-0.3, -0.25) is 0 Å². The summed E-state index contributed by atoms with van der Waals surface area (Å²) >= 11 is 0. The van der Waals surface area contributed by atoms with E-state index in [1.807, 2.05) is 6.92 Å². The Bertz CT molecular complexity index is 955. The minimum Gasteiger partial charge on any atom is -0.497 e. The topological polar surface area (TPSA) is 63.6 Å². The van der Waals surface area contributed by atoms with Crippen molar-refractivity contribution in [3.8, 4) is 5.75 Å². The number of sulfone groups is 1. The minimum atomic E-state index is -3.63. The van der Waals surface area contributed by atoms with Crippen LogP contribution in [0.3, 0.4) is 0 Å². The van der Waals surface area contributed by atoms with E-state index < -0.39 is 27.3 Å². The SMILES string of the molecule is CCCC[C@]1(CC)CS(=O)(=O)c2ccc(OC)cc2[C@H](c2ccc(F)cc2)C1O. The Morgan fingerprint density at radius 3 is 2.45 bits per heavy atom. The molecule has 29 heavy (non-hydrogen) atoms. The molecule has 0 aromatic heterocycles. The molecule has 0 saturated carbocycles. The van der Waals surface area contributed by atoms with Crippen molar-refractivity contribution >= 4 is 9.84 Å². The second-order valence-electron chi connectivity index (χ2n) is 7.96. The van der Waals surface area contributed by atoms with Crippen LogP contribution in [0.2, 0.25) is 0 Å². The van der Waals surface area contributed by atoms with Crippen LogP contribution in [0.25, 0.3) is 0 Å². The molecule has 6 heteroatoms. The lowest BCUT2D eigenvalue weighted by atomic mass is 9.69. The number of aliphatic hydroxyl groups is 1. The normalized spacial score (nSPS) is 25.8. The number of hydrogen-bond donors (Lipinski definition) is 1. The molecule has 1 aliphatic rings. The van der Waals surface area contributed by atoms with E-state index >= 15 is 0 Å². The molecule has 1 N–H and O–H groups in total. The minimum absolute atomic E-state index is 0.102. The number of aliphatic hydroxyl groups excluding tert-OH is 1. The van der Waals surface area contributed by atoms with E-state index in [0.29, 0.717) is 29.7 Å². The van der Waals surface area contributed by atoms with Gasteiger partial charge in [-0.25, -0.2) is 12.8 Å². The molecule has 4 nitrogen and oxygen atoms in total. The summed E-state index contributed by atoms with van der Waals surface area (Å²) < 4.78 is 45.7. The summed E-state index contributed by atoms with van der Waals surface area (Å²) in [6.45, 7) is 3.99. The molecule has 2 aromatic carbocycles. The zero-order valence-corrected chi connectivity index (χ0v) is 18.0. The van der Waals surface area contributed by atoms with Crippen LogP contribution >= 0.6 is 0 Å². The van der Waals surface area contributed by atoms with E-state index in [1.54, 1.807) is 30.3 Å². The highest BCUT2D eigenvalue weighted by Crippen LogP contribution is 2.49. The van der Waals surface area contributed by atoms with Gasteiger partial charge in [0.25, 0.3) is 0 Å². The number of ether oxygens (including phenoxy) is 1. The van der Waals surface area contributed by atoms with Gasteiger partial charge >= 0.3 is 0 Å². The van der Waals surface area contributed by atoms with Crippen molar-refractivity contribution in [2.24, 2.45) is 5.41 Å². The Kier molecular flexibility index (Phi) is 6.34. The maximum atomic E-state index is 13.6. The van der Waals surface area contributed by atoms with Crippen LogP contribution in [0, 0.1) is 11.2 Å². The van der Waals surface area contributed by atoms with Crippen molar-refractivity contribution in [2.45, 2.75) is 56.4 Å². The molecule has 0 radical (unpaired) electrons. The largest absolute Gasteiger partial charge is 0.497 e. The van der Waals surface area contributed by atoms with Gasteiger partial charge in [0.1, 0.15) is 11.6 Å². The van der Waals surface area contributed by atoms with Crippen molar-refractivity contribution in [1.29, 1.82) is 0 Å². The lowest BCUT2D eigenvalue weighted by Gasteiger charge is -2.39. The van der Waals surface area contributed by atoms with E-state index in [1.165, 1.54) is 19.2 Å². The molecule has 3 atom stereocenters. The van der Waals surface area contributed by atoms with Gasteiger partial charge in [-0.2, -0.15) is 0 Å². The molecule has 2 aromatic rings. The quantitative estimate of drug-likeness (QED) is 0.736. The molecule has 0 spiro atoms. The van der Waals surface area contributed by atoms with Crippen LogP contribution in [0.5, 0.6) is 5.75 Å². The zero-order chi connectivity index (χ0) is 21.2. The smallest absolute Gasteiger partial charge is 0.179 e. The molecule has 0 saturated heterocycles. The summed E-state index contributed by atoms with van der Waals surface area (Å²) in [5.41, 5.74) is 0.426. The fraction of sp³-hybridized carbons (Fsp3) is 0.478. The fourth-order valence-corrected chi connectivity index (χ4v) is 6.77. The summed E-state index contributed by atoms with van der Waals surface area (Å²) in [4.78, 5) is 0.221. The molecule has 158 valence electrons. The molecular formula is C23H29FO4S. The number of halogens is 1. The first kappa shape index (κ1) is 21.8. The summed E-state index contributed by atoms with van der Waals surface area (Å²) in [6, 6.07) is 10.8. The van der Waals surface area contributed by atoms with Gasteiger partial charge in [0.05, 0.1) is 23.9 Å². The molecule has 0 amide bonds. The Hall–Kier alpha value is -1.92. The molecule has 0 aliphatic carbocycles. The third-order valence-corrected chi connectivity index (χ3v) is 8.27. The summed E-state index contributed by atoms with van der Waals surface area (Å²) in [7, 11) is -2.10. The van der Waals surface area contributed by atoms with Crippen LogP contribution < -0.4 is 4.74 Å². The Balaban J connectivity index is 2.29. The van der Waals surface area contributed by atoms with Gasteiger partial charge in [0.2, 0.25) is 0 Å². The highest BCUT2D eigenvalue weighted by Gasteiger charge is 2.48. The van der Waals surface area contributed by atoms with E-state index in [0.717, 1.165) is 12.8 Å². The van der Waals surface area contributed by atoms with Crippen molar-refractivity contribution in [2.75, 3.05) is 12.9 Å². The molecule has 1 heterocycles. The number of rotatable bonds is 6. The first-order valence-corrected chi connectivity index (χ1v) is 11.8. The van der Waals surface area contributed by atoms with E-state index in [-0.39, 0.29) is 16.5 Å². The monoisotopic (exact) mass is 420 g/mol. The molecular weight excluding hydrogens is 391 g/mol. The first-order valence-electron chi connectivity index (χ1n) is 10.1. The van der Waals surface area contributed by atoms with Crippen LogP contribution in [0.15, 0.2) is 47.4 Å². The van der Waals surface area contributed by atoms with Crippen LogP contribution in [-0.2, 0) is 9.84 Å². The summed E-state index contributed by atoms with van der Waals surface area (Å²) in [5, 5.41) is 11.7. The third-order valence-electron chi connectivity index (χ3n) is 6.27. The standard InChI is InChI=1S/C23H29FO4S/c1-4-6-13-23(5-2)15-29(26,27)20-12-11-18(28-3)14-19(20)21(22(23)25)16-7-9-17(24)10-8-16/h7-12,14,21-22,25H,4-6,13,15H2,1-3H3/t21-,22?,23+/m0/s1. The van der Waals surface area contributed by atoms with Crippen molar-refractivity contribution in [3.05, 3.63) is 59.4 Å². The van der Waals surface area contributed by atoms with Gasteiger partial charge < -0.3 is 9.84 Å². The van der Waals surface area contributed by atoms with E-state index in [9.17, 15) is 17.9 Å². The average Bonchev–Trinajstić information content (AvgIpc) is 2.78. The Labute approximate surface area is 172 Å². The molecule has 0 bridgehead atoms. The second-order valence-corrected chi connectivity index (χ2v) is 9.91. The van der Waals surface area contributed by atoms with Gasteiger partial charge in [-0.1, -0.05) is 38.8 Å². The van der Waals surface area contributed by atoms with Gasteiger partial charge in [-0.05, 0) is 54.3 Å². The highest BCUT2D eigenvalue weighted by atomic mass is 32.2. The molecule has 1 aliphatic heterocycles. The maximum Gasteiger partial charge on any atom is 0.179 e. The molecule has 3 rings (SSSR count). The van der Waals surface area contributed by atoms with Crippen LogP contribution in [-0.4, -0.2) is 32.5 Å². The Morgan fingerprint density at radius 2 is 1.86 bits per heavy atom. The molecule has 0 fully saturated rings.